The summed E-state index contributed by atoms with van der Waals surface area (Å²) in [7, 11) is 1.52. The highest BCUT2D eigenvalue weighted by atomic mass is 79.9. The van der Waals surface area contributed by atoms with Crippen LogP contribution in [0.15, 0.2) is 46.0 Å². The molecule has 2 rings (SSSR count). The lowest BCUT2D eigenvalue weighted by molar-refractivity contribution is -0.384. The Balaban J connectivity index is 2.08. The SMILES string of the molecule is COc1ccc(C(=O)N/N=C/c2ccc(Cl)c([N+](=O)[O-])c2)cc1Br. The number of benzene rings is 2. The number of nitro benzene ring substituents is 1. The van der Waals surface area contributed by atoms with Crippen LogP contribution in [0.3, 0.4) is 0 Å². The summed E-state index contributed by atoms with van der Waals surface area (Å²) in [4.78, 5) is 22.2. The third-order valence-electron chi connectivity index (χ3n) is 2.96. The maximum atomic E-state index is 12.0. The molecule has 7 nitrogen and oxygen atoms in total. The van der Waals surface area contributed by atoms with Crippen molar-refractivity contribution >= 4 is 45.3 Å². The van der Waals surface area contributed by atoms with Gasteiger partial charge in [0.15, 0.2) is 0 Å². The fourth-order valence-electron chi connectivity index (χ4n) is 1.79. The van der Waals surface area contributed by atoms with Crippen LogP contribution in [0.1, 0.15) is 15.9 Å². The van der Waals surface area contributed by atoms with Crippen LogP contribution < -0.4 is 10.2 Å². The second-order valence-corrected chi connectivity index (χ2v) is 5.78. The van der Waals surface area contributed by atoms with Crippen molar-refractivity contribution in [2.45, 2.75) is 0 Å². The zero-order valence-corrected chi connectivity index (χ0v) is 14.7. The third kappa shape index (κ3) is 4.30. The van der Waals surface area contributed by atoms with E-state index in [0.29, 0.717) is 21.3 Å². The first-order valence-electron chi connectivity index (χ1n) is 6.53. The molecule has 2 aromatic rings. The number of halogens is 2. The molecule has 9 heteroatoms. The van der Waals surface area contributed by atoms with Gasteiger partial charge in [0.05, 0.1) is 22.7 Å². The molecule has 0 radical (unpaired) electrons. The van der Waals surface area contributed by atoms with Crippen molar-refractivity contribution < 1.29 is 14.5 Å². The zero-order valence-electron chi connectivity index (χ0n) is 12.3. The number of nitrogens with zero attached hydrogens (tertiary/aromatic N) is 2. The Bertz CT molecular complexity index is 826. The summed E-state index contributed by atoms with van der Waals surface area (Å²) in [5.74, 6) is 0.168. The van der Waals surface area contributed by atoms with Crippen LogP contribution in [-0.4, -0.2) is 24.2 Å². The lowest BCUT2D eigenvalue weighted by Crippen LogP contribution is -2.17. The summed E-state index contributed by atoms with van der Waals surface area (Å²) >= 11 is 9.01. The Morgan fingerprint density at radius 1 is 1.38 bits per heavy atom. The molecular weight excluding hydrogens is 402 g/mol. The van der Waals surface area contributed by atoms with E-state index in [9.17, 15) is 14.9 Å². The zero-order chi connectivity index (χ0) is 17.7. The second kappa shape index (κ2) is 7.89. The van der Waals surface area contributed by atoms with Crippen LogP contribution in [0.25, 0.3) is 0 Å². The van der Waals surface area contributed by atoms with Gasteiger partial charge < -0.3 is 4.74 Å². The first-order valence-corrected chi connectivity index (χ1v) is 7.70. The largest absolute Gasteiger partial charge is 0.496 e. The average Bonchev–Trinajstić information content (AvgIpc) is 2.55. The molecule has 0 aliphatic carbocycles. The van der Waals surface area contributed by atoms with E-state index >= 15 is 0 Å². The van der Waals surface area contributed by atoms with Gasteiger partial charge in [-0.3, -0.25) is 14.9 Å². The van der Waals surface area contributed by atoms with Crippen LogP contribution in [0, 0.1) is 10.1 Å². The molecule has 1 N–H and O–H groups in total. The van der Waals surface area contributed by atoms with Crippen LogP contribution in [0.4, 0.5) is 5.69 Å². The number of hydrazone groups is 1. The maximum absolute atomic E-state index is 12.0. The van der Waals surface area contributed by atoms with Crippen molar-refractivity contribution in [3.63, 3.8) is 0 Å². The monoisotopic (exact) mass is 411 g/mol. The Kier molecular flexibility index (Phi) is 5.88. The predicted molar refractivity (Wildman–Crippen MR) is 93.9 cm³/mol. The number of carbonyl (C=O) groups excluding carboxylic acids is 1. The molecule has 0 heterocycles. The first kappa shape index (κ1) is 17.9. The van der Waals surface area contributed by atoms with Gasteiger partial charge in [0.2, 0.25) is 0 Å². The average molecular weight is 413 g/mol. The minimum atomic E-state index is -0.590. The summed E-state index contributed by atoms with van der Waals surface area (Å²) in [5.41, 5.74) is 2.92. The van der Waals surface area contributed by atoms with Crippen LogP contribution in [-0.2, 0) is 0 Å². The van der Waals surface area contributed by atoms with Crippen LogP contribution in [0.5, 0.6) is 5.75 Å². The molecule has 0 aliphatic rings. The van der Waals surface area contributed by atoms with Gasteiger partial charge in [0.1, 0.15) is 10.8 Å². The lowest BCUT2D eigenvalue weighted by atomic mass is 10.2. The molecule has 0 bridgehead atoms. The predicted octanol–water partition coefficient (Wildman–Crippen LogP) is 3.78. The minimum Gasteiger partial charge on any atom is -0.496 e. The van der Waals surface area contributed by atoms with Crippen LogP contribution in [0.2, 0.25) is 5.02 Å². The highest BCUT2D eigenvalue weighted by Gasteiger charge is 2.12. The van der Waals surface area contributed by atoms with Crippen molar-refractivity contribution in [1.82, 2.24) is 5.43 Å². The highest BCUT2D eigenvalue weighted by Crippen LogP contribution is 2.26. The molecule has 0 spiro atoms. The fourth-order valence-corrected chi connectivity index (χ4v) is 2.51. The van der Waals surface area contributed by atoms with Gasteiger partial charge in [-0.2, -0.15) is 5.10 Å². The maximum Gasteiger partial charge on any atom is 0.288 e. The Hall–Kier alpha value is -2.45. The van der Waals surface area contributed by atoms with Gasteiger partial charge >= 0.3 is 0 Å². The van der Waals surface area contributed by atoms with E-state index < -0.39 is 10.8 Å². The number of ether oxygens (including phenoxy) is 1. The number of carbonyl (C=O) groups is 1. The first-order chi connectivity index (χ1) is 11.4. The number of hydrogen-bond donors (Lipinski definition) is 1. The Morgan fingerprint density at radius 2 is 2.12 bits per heavy atom. The van der Waals surface area contributed by atoms with Crippen LogP contribution >= 0.6 is 27.5 Å². The summed E-state index contributed by atoms with van der Waals surface area (Å²) in [6.45, 7) is 0. The summed E-state index contributed by atoms with van der Waals surface area (Å²) in [6.07, 6.45) is 1.29. The van der Waals surface area contributed by atoms with Crippen molar-refractivity contribution in [3.05, 3.63) is 67.1 Å². The number of hydrogen-bond acceptors (Lipinski definition) is 5. The smallest absolute Gasteiger partial charge is 0.288 e. The molecule has 0 saturated carbocycles. The molecule has 2 aromatic carbocycles. The number of rotatable bonds is 5. The van der Waals surface area contributed by atoms with Gasteiger partial charge in [-0.1, -0.05) is 17.7 Å². The topological polar surface area (TPSA) is 93.8 Å². The van der Waals surface area contributed by atoms with Gasteiger partial charge in [-0.05, 0) is 40.2 Å². The standard InChI is InChI=1S/C15H11BrClN3O4/c1-24-14-5-3-10(7-11(14)16)15(21)19-18-8-9-2-4-12(17)13(6-9)20(22)23/h2-8H,1H3,(H,19,21)/b18-8+. The molecule has 0 aliphatic heterocycles. The quantitative estimate of drug-likeness (QED) is 0.459. The molecule has 1 amide bonds. The third-order valence-corrected chi connectivity index (χ3v) is 3.90. The summed E-state index contributed by atoms with van der Waals surface area (Å²) in [6, 6.07) is 9.03. The molecular formula is C15H11BrClN3O4. The van der Waals surface area contributed by atoms with Gasteiger partial charge in [0, 0.05) is 17.2 Å². The number of methoxy groups -OCH3 is 1. The van der Waals surface area contributed by atoms with E-state index in [4.69, 9.17) is 16.3 Å². The van der Waals surface area contributed by atoms with E-state index in [0.717, 1.165) is 0 Å². The number of nitrogens with one attached hydrogen (secondary N) is 1. The minimum absolute atomic E-state index is 0.0317. The molecule has 0 saturated heterocycles. The molecule has 0 aromatic heterocycles. The normalized spacial score (nSPS) is 10.6. The highest BCUT2D eigenvalue weighted by molar-refractivity contribution is 9.10. The van der Waals surface area contributed by atoms with Crippen molar-refractivity contribution in [2.24, 2.45) is 5.10 Å². The van der Waals surface area contributed by atoms with E-state index in [1.165, 1.54) is 25.5 Å². The summed E-state index contributed by atoms with van der Waals surface area (Å²) in [5, 5.41) is 14.6. The number of nitro groups is 1. The Morgan fingerprint density at radius 3 is 2.75 bits per heavy atom. The lowest BCUT2D eigenvalue weighted by Gasteiger charge is -2.05. The van der Waals surface area contributed by atoms with E-state index in [2.05, 4.69) is 26.5 Å². The summed E-state index contributed by atoms with van der Waals surface area (Å²) < 4.78 is 5.72. The number of amides is 1. The fraction of sp³-hybridized carbons (Fsp3) is 0.0667. The van der Waals surface area contributed by atoms with Gasteiger partial charge in [0.25, 0.3) is 11.6 Å². The molecule has 24 heavy (non-hydrogen) atoms. The van der Waals surface area contributed by atoms with Crippen molar-refractivity contribution in [1.29, 1.82) is 0 Å². The molecule has 0 unspecified atom stereocenters. The van der Waals surface area contributed by atoms with E-state index in [1.807, 2.05) is 0 Å². The Labute approximate surface area is 150 Å². The van der Waals surface area contributed by atoms with Gasteiger partial charge in [-0.25, -0.2) is 5.43 Å². The van der Waals surface area contributed by atoms with E-state index in [-0.39, 0.29) is 10.7 Å². The molecule has 0 atom stereocenters. The molecule has 0 fully saturated rings. The van der Waals surface area contributed by atoms with Gasteiger partial charge in [-0.15, -0.1) is 0 Å². The second-order valence-electron chi connectivity index (χ2n) is 4.52. The van der Waals surface area contributed by atoms with Crippen molar-refractivity contribution in [3.8, 4) is 5.75 Å². The molecule has 124 valence electrons. The van der Waals surface area contributed by atoms with Crippen molar-refractivity contribution in [2.75, 3.05) is 7.11 Å². The van der Waals surface area contributed by atoms with E-state index in [1.54, 1.807) is 24.3 Å².